The average Bonchev–Trinajstić information content (AvgIpc) is 1.87. The van der Waals surface area contributed by atoms with E-state index in [1.807, 2.05) is 13.8 Å². The fraction of sp³-hybridized carbons (Fsp3) is 0.875. The van der Waals surface area contributed by atoms with E-state index in [1.54, 1.807) is 0 Å². The third-order valence-corrected chi connectivity index (χ3v) is 4.86. The normalized spacial score (nSPS) is 11.8. The summed E-state index contributed by atoms with van der Waals surface area (Å²) < 4.78 is 1.10. The molecule has 3 heteroatoms. The molecule has 1 amide bonds. The van der Waals surface area contributed by atoms with Gasteiger partial charge in [-0.25, -0.2) is 0 Å². The van der Waals surface area contributed by atoms with Crippen molar-refractivity contribution in [2.45, 2.75) is 37.2 Å². The number of nitrogens with one attached hydrogen (secondary N) is 1. The molecule has 0 unspecified atom stereocenters. The van der Waals surface area contributed by atoms with E-state index in [9.17, 15) is 4.79 Å². The first-order valence-electron chi connectivity index (χ1n) is 3.85. The van der Waals surface area contributed by atoms with Gasteiger partial charge in [-0.3, -0.25) is 0 Å². The molecule has 0 aliphatic heterocycles. The molecule has 0 heterocycles. The fourth-order valence-electron chi connectivity index (χ4n) is 0.522. The summed E-state index contributed by atoms with van der Waals surface area (Å²) in [5.41, 5.74) is 0.00752. The summed E-state index contributed by atoms with van der Waals surface area (Å²) in [6.45, 7) is 7.97. The molecule has 0 saturated heterocycles. The van der Waals surface area contributed by atoms with Crippen LogP contribution in [0.4, 0.5) is 0 Å². The van der Waals surface area contributed by atoms with Crippen molar-refractivity contribution in [3.05, 3.63) is 0 Å². The van der Waals surface area contributed by atoms with E-state index in [0.29, 0.717) is 0 Å². The quantitative estimate of drug-likeness (QED) is 0.761. The summed E-state index contributed by atoms with van der Waals surface area (Å²) in [5, 5.41) is 3.00. The minimum atomic E-state index is 0.00752. The Labute approximate surface area is 84.8 Å². The molecule has 0 aliphatic rings. The minimum absolute atomic E-state index is 0.00752. The molecule has 0 aromatic rings. The zero-order chi connectivity index (χ0) is 9.07. The van der Waals surface area contributed by atoms with Crippen LogP contribution < -0.4 is 5.32 Å². The molecule has 3 radical (unpaired) electrons. The van der Waals surface area contributed by atoms with Crippen LogP contribution in [0.25, 0.3) is 0 Å². The van der Waals surface area contributed by atoms with E-state index in [2.05, 4.69) is 19.2 Å². The first-order chi connectivity index (χ1) is 4.89. The molecule has 0 bridgehead atoms. The van der Waals surface area contributed by atoms with Gasteiger partial charge in [-0.1, -0.05) is 0 Å². The van der Waals surface area contributed by atoms with Gasteiger partial charge in [-0.2, -0.15) is 0 Å². The molecule has 63 valence electrons. The average molecular weight is 349 g/mol. The van der Waals surface area contributed by atoms with E-state index in [4.69, 9.17) is 0 Å². The molecule has 0 spiro atoms. The van der Waals surface area contributed by atoms with Gasteiger partial charge in [0, 0.05) is 0 Å². The number of hydrogen-bond acceptors (Lipinski definition) is 1. The van der Waals surface area contributed by atoms with Crippen LogP contribution in [-0.2, 0) is 4.79 Å². The molecule has 0 atom stereocenters. The number of hydrogen-bond donors (Lipinski definition) is 1. The summed E-state index contributed by atoms with van der Waals surface area (Å²) >= 11 is 1.13. The first kappa shape index (κ1) is 11.4. The Morgan fingerprint density at radius 3 is 2.27 bits per heavy atom. The van der Waals surface area contributed by atoms with Gasteiger partial charge in [-0.15, -0.1) is 0 Å². The molecule has 0 rings (SSSR count). The van der Waals surface area contributed by atoms with Gasteiger partial charge in [0.15, 0.2) is 0 Å². The molecule has 0 fully saturated rings. The van der Waals surface area contributed by atoms with Crippen molar-refractivity contribution in [3.8, 4) is 0 Å². The van der Waals surface area contributed by atoms with Gasteiger partial charge in [-0.05, 0) is 0 Å². The number of amides is 1. The summed E-state index contributed by atoms with van der Waals surface area (Å²) in [4.78, 5) is 11.2. The van der Waals surface area contributed by atoms with E-state index in [0.717, 1.165) is 29.7 Å². The zero-order valence-corrected chi connectivity index (χ0v) is 11.6. The van der Waals surface area contributed by atoms with E-state index in [1.165, 1.54) is 0 Å². The molecule has 11 heavy (non-hydrogen) atoms. The third-order valence-electron chi connectivity index (χ3n) is 1.43. The number of carbonyl (C=O) groups is 1. The van der Waals surface area contributed by atoms with Crippen LogP contribution in [0.15, 0.2) is 0 Å². The molecular formula is C8H16NOPb. The van der Waals surface area contributed by atoms with Gasteiger partial charge < -0.3 is 0 Å². The van der Waals surface area contributed by atoms with Crippen molar-refractivity contribution in [2.24, 2.45) is 5.92 Å². The Morgan fingerprint density at radius 1 is 1.55 bits per heavy atom. The maximum atomic E-state index is 11.2. The summed E-state index contributed by atoms with van der Waals surface area (Å²) in [6, 6.07) is 0. The monoisotopic (exact) mass is 350 g/mol. The maximum absolute atomic E-state index is 11.2. The fourth-order valence-corrected chi connectivity index (χ4v) is 0.866. The summed E-state index contributed by atoms with van der Waals surface area (Å²) in [7, 11) is 0. The standard InChI is InChI=1S/C8H16NO.Pb/c1-6(2)7(10)9-8(3,4)5;/h6H,3H2,1-2,4-5H3,(H,9,10);. The Kier molecular flexibility index (Phi) is 4.58. The molecule has 2 nitrogen and oxygen atoms in total. The van der Waals surface area contributed by atoms with Gasteiger partial charge in [0.1, 0.15) is 0 Å². The molecule has 0 aliphatic carbocycles. The van der Waals surface area contributed by atoms with Crippen LogP contribution in [0.3, 0.4) is 0 Å². The Balaban J connectivity index is 3.94. The van der Waals surface area contributed by atoms with E-state index >= 15 is 0 Å². The Hall–Kier alpha value is 0.392. The molecule has 1 N–H and O–H groups in total. The van der Waals surface area contributed by atoms with Crippen molar-refractivity contribution < 1.29 is 4.79 Å². The van der Waals surface area contributed by atoms with Crippen molar-refractivity contribution in [1.29, 1.82) is 0 Å². The second-order valence-electron chi connectivity index (χ2n) is 3.70. The van der Waals surface area contributed by atoms with Gasteiger partial charge in [0.05, 0.1) is 0 Å². The molecule has 0 aromatic carbocycles. The van der Waals surface area contributed by atoms with Gasteiger partial charge >= 0.3 is 84.9 Å². The predicted molar refractivity (Wildman–Crippen MR) is 47.6 cm³/mol. The van der Waals surface area contributed by atoms with Crippen LogP contribution in [0.5, 0.6) is 0 Å². The van der Waals surface area contributed by atoms with E-state index in [-0.39, 0.29) is 17.4 Å². The number of rotatable bonds is 3. The Morgan fingerprint density at radius 2 is 2.00 bits per heavy atom. The molecule has 0 aromatic heterocycles. The second-order valence-corrected chi connectivity index (χ2v) is 5.08. The van der Waals surface area contributed by atoms with Gasteiger partial charge in [0.2, 0.25) is 0 Å². The molecular weight excluding hydrogens is 333 g/mol. The van der Waals surface area contributed by atoms with Crippen LogP contribution in [0, 0.1) is 5.92 Å². The SMILES string of the molecule is CC(C)C(=O)NC(C)(C)[CH2][Pb]. The van der Waals surface area contributed by atoms with Crippen LogP contribution in [0.2, 0.25) is 3.98 Å². The summed E-state index contributed by atoms with van der Waals surface area (Å²) in [6.07, 6.45) is 0. The van der Waals surface area contributed by atoms with Crippen molar-refractivity contribution in [1.82, 2.24) is 5.32 Å². The zero-order valence-electron chi connectivity index (χ0n) is 7.69. The number of carbonyl (C=O) groups excluding carboxylic acids is 1. The molecule has 0 saturated carbocycles. The topological polar surface area (TPSA) is 29.1 Å². The van der Waals surface area contributed by atoms with Crippen LogP contribution in [0.1, 0.15) is 27.7 Å². The first-order valence-corrected chi connectivity index (χ1v) is 6.60. The van der Waals surface area contributed by atoms with Crippen molar-refractivity contribution in [3.63, 3.8) is 0 Å². The van der Waals surface area contributed by atoms with Crippen molar-refractivity contribution in [2.75, 3.05) is 0 Å². The third kappa shape index (κ3) is 4.77. The Bertz CT molecular complexity index is 143. The summed E-state index contributed by atoms with van der Waals surface area (Å²) in [5.74, 6) is 0.258. The van der Waals surface area contributed by atoms with Crippen LogP contribution in [-0.4, -0.2) is 37.2 Å². The van der Waals surface area contributed by atoms with E-state index < -0.39 is 0 Å². The predicted octanol–water partition coefficient (Wildman–Crippen LogP) is 1.12. The van der Waals surface area contributed by atoms with Gasteiger partial charge in [0.25, 0.3) is 0 Å². The van der Waals surface area contributed by atoms with Crippen molar-refractivity contribution >= 4 is 31.7 Å². The second kappa shape index (κ2) is 4.43. The van der Waals surface area contributed by atoms with Crippen LogP contribution >= 0.6 is 0 Å².